The molecule has 0 aliphatic heterocycles. The zero-order valence-corrected chi connectivity index (χ0v) is 6.63. The van der Waals surface area contributed by atoms with Crippen molar-refractivity contribution < 1.29 is 21.1 Å². The van der Waals surface area contributed by atoms with Crippen LogP contribution in [0, 0.1) is 6.42 Å². The molecule has 1 heteroatoms. The van der Waals surface area contributed by atoms with Crippen molar-refractivity contribution >= 4 is 0 Å². The van der Waals surface area contributed by atoms with E-state index < -0.39 is 0 Å². The van der Waals surface area contributed by atoms with Crippen LogP contribution in [0.25, 0.3) is 0 Å². The molecule has 0 spiro atoms. The summed E-state index contributed by atoms with van der Waals surface area (Å²) in [4.78, 5) is 0. The molecule has 0 heterocycles. The van der Waals surface area contributed by atoms with Gasteiger partial charge in [-0.05, 0) is 0 Å². The molecule has 0 aromatic rings. The molecule has 0 saturated carbocycles. The first kappa shape index (κ1) is 9.19. The normalized spacial score (nSPS) is 6.00. The molecule has 0 aromatic carbocycles. The monoisotopic (exact) mass is 241 g/mol. The van der Waals surface area contributed by atoms with Gasteiger partial charge in [0.1, 0.15) is 0 Å². The minimum atomic E-state index is 0. The Morgan fingerprint density at radius 2 is 1.80 bits per heavy atom. The van der Waals surface area contributed by atoms with Crippen molar-refractivity contribution in [2.45, 2.75) is 20.3 Å². The van der Waals surface area contributed by atoms with E-state index in [1.54, 1.807) is 0 Å². The molecule has 30 valence electrons. The molecular formula is C4H9W+. The number of hydrogen-bond acceptors (Lipinski definition) is 0. The van der Waals surface area contributed by atoms with Gasteiger partial charge >= 0.3 is 21.1 Å². The smallest absolute Gasteiger partial charge is 0.332 e. The van der Waals surface area contributed by atoms with E-state index in [2.05, 4.69) is 20.3 Å². The van der Waals surface area contributed by atoms with E-state index in [-0.39, 0.29) is 21.1 Å². The SMILES string of the molecule is C[CH-]CC.[W+2]. The third-order valence-corrected chi connectivity index (χ3v) is 0.408. The van der Waals surface area contributed by atoms with Gasteiger partial charge in [0, 0.05) is 0 Å². The van der Waals surface area contributed by atoms with Crippen LogP contribution < -0.4 is 0 Å². The summed E-state index contributed by atoms with van der Waals surface area (Å²) in [6.45, 7) is 4.18. The van der Waals surface area contributed by atoms with E-state index in [4.69, 9.17) is 0 Å². The number of hydrogen-bond donors (Lipinski definition) is 0. The molecule has 0 saturated heterocycles. The van der Waals surface area contributed by atoms with Crippen LogP contribution in [0.3, 0.4) is 0 Å². The van der Waals surface area contributed by atoms with Gasteiger partial charge in [-0.2, -0.15) is 13.3 Å². The fourth-order valence-electron chi connectivity index (χ4n) is 0. The van der Waals surface area contributed by atoms with Gasteiger partial charge in [-0.25, -0.2) is 0 Å². The van der Waals surface area contributed by atoms with Crippen LogP contribution in [0.4, 0.5) is 0 Å². The molecule has 0 aliphatic carbocycles. The Bertz CT molecular complexity index is 5.61. The maximum Gasteiger partial charge on any atom is 2.00 e. The van der Waals surface area contributed by atoms with E-state index in [1.165, 1.54) is 6.42 Å². The molecule has 0 aromatic heterocycles. The molecule has 0 rings (SSSR count). The second-order valence-electron chi connectivity index (χ2n) is 0.816. The summed E-state index contributed by atoms with van der Waals surface area (Å²) in [5, 5.41) is 0. The van der Waals surface area contributed by atoms with Crippen LogP contribution >= 0.6 is 0 Å². The summed E-state index contributed by atoms with van der Waals surface area (Å²) in [6, 6.07) is 0. The molecule has 0 nitrogen and oxygen atoms in total. The van der Waals surface area contributed by atoms with E-state index in [0.717, 1.165) is 0 Å². The summed E-state index contributed by atoms with van der Waals surface area (Å²) in [5.74, 6) is 0. The predicted octanol–water partition coefficient (Wildman–Crippen LogP) is 1.62. The zero-order valence-electron chi connectivity index (χ0n) is 3.69. The third-order valence-electron chi connectivity index (χ3n) is 0.408. The Morgan fingerprint density at radius 1 is 1.60 bits per heavy atom. The Labute approximate surface area is 48.2 Å². The summed E-state index contributed by atoms with van der Waals surface area (Å²) in [7, 11) is 0. The van der Waals surface area contributed by atoms with Gasteiger partial charge in [0.25, 0.3) is 0 Å². The molecule has 5 heavy (non-hydrogen) atoms. The summed E-state index contributed by atoms with van der Waals surface area (Å²) in [5.41, 5.74) is 0. The first-order valence-electron chi connectivity index (χ1n) is 1.69. The van der Waals surface area contributed by atoms with Crippen LogP contribution in [0.1, 0.15) is 20.3 Å². The van der Waals surface area contributed by atoms with Crippen molar-refractivity contribution in [3.05, 3.63) is 6.42 Å². The minimum Gasteiger partial charge on any atom is -0.332 e. The van der Waals surface area contributed by atoms with Gasteiger partial charge in [-0.15, -0.1) is 0 Å². The van der Waals surface area contributed by atoms with Crippen molar-refractivity contribution in [1.29, 1.82) is 0 Å². The molecular weight excluding hydrogens is 232 g/mol. The Morgan fingerprint density at radius 3 is 1.80 bits per heavy atom. The van der Waals surface area contributed by atoms with Gasteiger partial charge in [-0.3, -0.25) is 0 Å². The number of unbranched alkanes of at least 4 members (excludes halogenated alkanes) is 1. The second-order valence-corrected chi connectivity index (χ2v) is 0.816. The first-order valence-corrected chi connectivity index (χ1v) is 1.69. The predicted molar refractivity (Wildman–Crippen MR) is 20.3 cm³/mol. The minimum absolute atomic E-state index is 0. The zero-order chi connectivity index (χ0) is 3.41. The van der Waals surface area contributed by atoms with E-state index >= 15 is 0 Å². The quantitative estimate of drug-likeness (QED) is 0.612. The van der Waals surface area contributed by atoms with Crippen LogP contribution in [0.15, 0.2) is 0 Å². The van der Waals surface area contributed by atoms with E-state index in [0.29, 0.717) is 0 Å². The second kappa shape index (κ2) is 8.82. The fourth-order valence-corrected chi connectivity index (χ4v) is 0. The van der Waals surface area contributed by atoms with Crippen LogP contribution in [-0.4, -0.2) is 0 Å². The molecule has 0 atom stereocenters. The average molecular weight is 241 g/mol. The van der Waals surface area contributed by atoms with Gasteiger partial charge in [0.2, 0.25) is 0 Å². The fraction of sp³-hybridized carbons (Fsp3) is 0.750. The van der Waals surface area contributed by atoms with Crippen molar-refractivity contribution in [2.24, 2.45) is 0 Å². The maximum atomic E-state index is 2.12. The largest absolute Gasteiger partial charge is 2.00 e. The molecule has 0 unspecified atom stereocenters. The molecule has 0 radical (unpaired) electrons. The summed E-state index contributed by atoms with van der Waals surface area (Å²) < 4.78 is 0. The van der Waals surface area contributed by atoms with Crippen molar-refractivity contribution in [3.63, 3.8) is 0 Å². The van der Waals surface area contributed by atoms with Crippen molar-refractivity contribution in [1.82, 2.24) is 0 Å². The molecule has 0 N–H and O–H groups in total. The molecule has 0 amide bonds. The van der Waals surface area contributed by atoms with Gasteiger partial charge in [0.15, 0.2) is 0 Å². The molecule has 0 fully saturated rings. The summed E-state index contributed by atoms with van der Waals surface area (Å²) in [6.07, 6.45) is 3.32. The van der Waals surface area contributed by atoms with Crippen LogP contribution in [0.5, 0.6) is 0 Å². The van der Waals surface area contributed by atoms with Crippen molar-refractivity contribution in [3.8, 4) is 0 Å². The summed E-state index contributed by atoms with van der Waals surface area (Å²) >= 11 is 0. The Balaban J connectivity index is 0. The number of rotatable bonds is 1. The Kier molecular flexibility index (Phi) is 16.2. The van der Waals surface area contributed by atoms with Crippen LogP contribution in [-0.2, 0) is 21.1 Å². The van der Waals surface area contributed by atoms with Gasteiger partial charge in [0.05, 0.1) is 0 Å². The standard InChI is InChI=1S/C4H9.W/c1-3-4-2;/h3H,4H2,1-2H3;/q-1;+2. The van der Waals surface area contributed by atoms with E-state index in [9.17, 15) is 0 Å². The van der Waals surface area contributed by atoms with Crippen LogP contribution in [0.2, 0.25) is 0 Å². The van der Waals surface area contributed by atoms with Gasteiger partial charge < -0.3 is 6.42 Å². The topological polar surface area (TPSA) is 0 Å². The third kappa shape index (κ3) is 11.9. The molecule has 0 bridgehead atoms. The van der Waals surface area contributed by atoms with Crippen molar-refractivity contribution in [2.75, 3.05) is 0 Å². The van der Waals surface area contributed by atoms with E-state index in [1.807, 2.05) is 0 Å². The first-order chi connectivity index (χ1) is 1.91. The average Bonchev–Trinajstić information content (AvgIpc) is 1.37. The van der Waals surface area contributed by atoms with Gasteiger partial charge in [-0.1, -0.05) is 6.92 Å². The Hall–Kier alpha value is 0.688. The maximum absolute atomic E-state index is 2.12. The molecule has 0 aliphatic rings.